The third-order valence-corrected chi connectivity index (χ3v) is 4.09. The van der Waals surface area contributed by atoms with Gasteiger partial charge < -0.3 is 19.9 Å². The lowest BCUT2D eigenvalue weighted by Crippen LogP contribution is -2.50. The van der Waals surface area contributed by atoms with Gasteiger partial charge in [-0.3, -0.25) is 4.79 Å². The highest BCUT2D eigenvalue weighted by atomic mass is 19.1. The van der Waals surface area contributed by atoms with Crippen LogP contribution in [0.4, 0.5) is 20.8 Å². The van der Waals surface area contributed by atoms with E-state index >= 15 is 0 Å². The summed E-state index contributed by atoms with van der Waals surface area (Å²) >= 11 is 0. The molecule has 0 spiro atoms. The summed E-state index contributed by atoms with van der Waals surface area (Å²) in [5.74, 6) is -0.206. The number of carbonyl (C=O) groups excluding carboxylic acids is 2. The van der Waals surface area contributed by atoms with Gasteiger partial charge in [0, 0.05) is 44.3 Å². The van der Waals surface area contributed by atoms with Gasteiger partial charge in [-0.2, -0.15) is 0 Å². The van der Waals surface area contributed by atoms with E-state index in [4.69, 9.17) is 4.74 Å². The van der Waals surface area contributed by atoms with Crippen LogP contribution in [-0.2, 0) is 4.74 Å². The zero-order chi connectivity index (χ0) is 19.2. The number of hydrogen-bond donors (Lipinski definition) is 1. The van der Waals surface area contributed by atoms with Gasteiger partial charge in [-0.05, 0) is 31.2 Å². The highest BCUT2D eigenvalue weighted by Crippen LogP contribution is 2.14. The number of amides is 2. The monoisotopic (exact) mass is 373 g/mol. The first-order chi connectivity index (χ1) is 13.1. The lowest BCUT2D eigenvalue weighted by atomic mass is 10.2. The summed E-state index contributed by atoms with van der Waals surface area (Å²) in [5, 5.41) is 2.94. The second-order valence-electron chi connectivity index (χ2n) is 5.91. The minimum atomic E-state index is -0.357. The van der Waals surface area contributed by atoms with Crippen LogP contribution in [0.5, 0.6) is 0 Å². The second-order valence-corrected chi connectivity index (χ2v) is 5.91. The highest BCUT2D eigenvalue weighted by molar-refractivity contribution is 5.93. The van der Waals surface area contributed by atoms with E-state index in [9.17, 15) is 14.0 Å². The molecule has 0 aliphatic carbocycles. The van der Waals surface area contributed by atoms with Gasteiger partial charge in [-0.15, -0.1) is 0 Å². The number of nitrogens with one attached hydrogen (secondary N) is 1. The Hall–Kier alpha value is -3.23. The van der Waals surface area contributed by atoms with Crippen LogP contribution in [0.2, 0.25) is 0 Å². The molecule has 3 rings (SSSR count). The number of anilines is 2. The van der Waals surface area contributed by atoms with E-state index in [1.807, 2.05) is 0 Å². The Morgan fingerprint density at radius 2 is 1.67 bits per heavy atom. The van der Waals surface area contributed by atoms with Crippen molar-refractivity contribution in [2.24, 2.45) is 0 Å². The van der Waals surface area contributed by atoms with Gasteiger partial charge >= 0.3 is 6.09 Å². The van der Waals surface area contributed by atoms with Crippen LogP contribution in [0.3, 0.4) is 0 Å². The van der Waals surface area contributed by atoms with Crippen LogP contribution in [0.15, 0.2) is 36.7 Å². The fraction of sp³-hybridized carbons (Fsp3) is 0.333. The fourth-order valence-corrected chi connectivity index (χ4v) is 2.65. The maximum atomic E-state index is 12.9. The van der Waals surface area contributed by atoms with Crippen molar-refractivity contribution in [3.63, 3.8) is 0 Å². The predicted octanol–water partition coefficient (Wildman–Crippen LogP) is 2.27. The standard InChI is InChI=1S/C18H20FN5O3/c1-2-27-18(26)24-9-7-23(8-10-24)16(25)13-11-20-17(21-12-13)22-15-5-3-14(19)4-6-15/h3-6,11-12H,2,7-10H2,1H3,(H,20,21,22). The van der Waals surface area contributed by atoms with Crippen LogP contribution < -0.4 is 5.32 Å². The molecule has 1 aromatic heterocycles. The number of halogens is 1. The summed E-state index contributed by atoms with van der Waals surface area (Å²) in [6, 6.07) is 5.80. The van der Waals surface area contributed by atoms with E-state index in [-0.39, 0.29) is 17.8 Å². The average Bonchev–Trinajstić information content (AvgIpc) is 2.70. The van der Waals surface area contributed by atoms with E-state index in [1.165, 1.54) is 24.5 Å². The van der Waals surface area contributed by atoms with Gasteiger partial charge in [-0.1, -0.05) is 0 Å². The molecule has 27 heavy (non-hydrogen) atoms. The first kappa shape index (κ1) is 18.6. The Bertz CT molecular complexity index is 790. The Morgan fingerprint density at radius 1 is 1.07 bits per heavy atom. The minimum absolute atomic E-state index is 0.188. The Morgan fingerprint density at radius 3 is 2.26 bits per heavy atom. The molecule has 9 heteroatoms. The first-order valence-electron chi connectivity index (χ1n) is 8.62. The maximum Gasteiger partial charge on any atom is 0.409 e. The molecule has 1 aromatic carbocycles. The molecule has 2 aromatic rings. The molecular weight excluding hydrogens is 353 g/mol. The molecule has 2 heterocycles. The van der Waals surface area contributed by atoms with Gasteiger partial charge in [0.25, 0.3) is 5.91 Å². The van der Waals surface area contributed by atoms with Crippen molar-refractivity contribution >= 4 is 23.6 Å². The van der Waals surface area contributed by atoms with E-state index in [0.29, 0.717) is 50.0 Å². The molecular formula is C18H20FN5O3. The minimum Gasteiger partial charge on any atom is -0.450 e. The summed E-state index contributed by atoms with van der Waals surface area (Å²) in [6.07, 6.45) is 2.53. The van der Waals surface area contributed by atoms with Crippen LogP contribution >= 0.6 is 0 Å². The topological polar surface area (TPSA) is 87.7 Å². The molecule has 0 unspecified atom stereocenters. The van der Waals surface area contributed by atoms with Crippen molar-refractivity contribution in [1.29, 1.82) is 0 Å². The number of aromatic nitrogens is 2. The number of carbonyl (C=O) groups is 2. The zero-order valence-electron chi connectivity index (χ0n) is 14.9. The summed E-state index contributed by atoms with van der Waals surface area (Å²) in [6.45, 7) is 3.78. The molecule has 8 nitrogen and oxygen atoms in total. The van der Waals surface area contributed by atoms with Crippen molar-refractivity contribution in [3.8, 4) is 0 Å². The molecule has 142 valence electrons. The average molecular weight is 373 g/mol. The molecule has 0 bridgehead atoms. The van der Waals surface area contributed by atoms with Crippen molar-refractivity contribution in [1.82, 2.24) is 19.8 Å². The van der Waals surface area contributed by atoms with Gasteiger partial charge in [0.05, 0.1) is 12.2 Å². The van der Waals surface area contributed by atoms with Crippen molar-refractivity contribution in [3.05, 3.63) is 48.0 Å². The molecule has 1 fully saturated rings. The third kappa shape index (κ3) is 4.69. The molecule has 0 radical (unpaired) electrons. The van der Waals surface area contributed by atoms with Crippen molar-refractivity contribution in [2.75, 3.05) is 38.1 Å². The van der Waals surface area contributed by atoms with E-state index in [0.717, 1.165) is 0 Å². The van der Waals surface area contributed by atoms with Gasteiger partial charge in [0.1, 0.15) is 5.82 Å². The van der Waals surface area contributed by atoms with Crippen LogP contribution in [0.25, 0.3) is 0 Å². The Balaban J connectivity index is 1.56. The van der Waals surface area contributed by atoms with Crippen LogP contribution in [0.1, 0.15) is 17.3 Å². The number of ether oxygens (including phenoxy) is 1. The summed E-state index contributed by atoms with van der Waals surface area (Å²) < 4.78 is 17.9. The lowest BCUT2D eigenvalue weighted by molar-refractivity contribution is 0.0570. The van der Waals surface area contributed by atoms with Crippen molar-refractivity contribution < 1.29 is 18.7 Å². The highest BCUT2D eigenvalue weighted by Gasteiger charge is 2.25. The maximum absolute atomic E-state index is 12.9. The predicted molar refractivity (Wildman–Crippen MR) is 96.2 cm³/mol. The molecule has 1 N–H and O–H groups in total. The van der Waals surface area contributed by atoms with E-state index < -0.39 is 0 Å². The Labute approximate surface area is 156 Å². The quantitative estimate of drug-likeness (QED) is 0.885. The third-order valence-electron chi connectivity index (χ3n) is 4.09. The number of nitrogens with zero attached hydrogens (tertiary/aromatic N) is 4. The van der Waals surface area contributed by atoms with Crippen LogP contribution in [-0.4, -0.2) is 64.6 Å². The fourth-order valence-electron chi connectivity index (χ4n) is 2.65. The van der Waals surface area contributed by atoms with Gasteiger partial charge in [0.2, 0.25) is 5.95 Å². The molecule has 1 aliphatic heterocycles. The van der Waals surface area contributed by atoms with Crippen LogP contribution in [0, 0.1) is 5.82 Å². The second kappa shape index (κ2) is 8.43. The summed E-state index contributed by atoms with van der Waals surface area (Å²) in [7, 11) is 0. The molecule has 2 amide bonds. The molecule has 0 saturated carbocycles. The van der Waals surface area contributed by atoms with Gasteiger partial charge in [0.15, 0.2) is 0 Å². The Kier molecular flexibility index (Phi) is 5.80. The smallest absolute Gasteiger partial charge is 0.409 e. The summed E-state index contributed by atoms with van der Waals surface area (Å²) in [4.78, 5) is 35.8. The first-order valence-corrected chi connectivity index (χ1v) is 8.62. The van der Waals surface area contributed by atoms with Crippen molar-refractivity contribution in [2.45, 2.75) is 6.92 Å². The molecule has 0 atom stereocenters. The SMILES string of the molecule is CCOC(=O)N1CCN(C(=O)c2cnc(Nc3ccc(F)cc3)nc2)CC1. The summed E-state index contributed by atoms with van der Waals surface area (Å²) in [5.41, 5.74) is 1.01. The largest absolute Gasteiger partial charge is 0.450 e. The molecule has 1 saturated heterocycles. The number of piperazine rings is 1. The lowest BCUT2D eigenvalue weighted by Gasteiger charge is -2.33. The van der Waals surface area contributed by atoms with Gasteiger partial charge in [-0.25, -0.2) is 19.2 Å². The number of hydrogen-bond acceptors (Lipinski definition) is 6. The number of rotatable bonds is 4. The molecule has 1 aliphatic rings. The van der Waals surface area contributed by atoms with E-state index in [1.54, 1.807) is 28.9 Å². The zero-order valence-corrected chi connectivity index (χ0v) is 14.9. The van der Waals surface area contributed by atoms with E-state index in [2.05, 4.69) is 15.3 Å². The number of benzene rings is 1. The normalized spacial score (nSPS) is 14.0.